The SMILES string of the molecule is COC(=O)C(CC(C)C)NC(=O)N1CCC(c2nc(C)ccc2C(=O)Nc2nnc(C(C)(C)C)s2)CC1. The number of anilines is 1. The number of pyridine rings is 1. The summed E-state index contributed by atoms with van der Waals surface area (Å²) in [4.78, 5) is 44.6. The first kappa shape index (κ1) is 28.5. The zero-order chi connectivity index (χ0) is 27.3. The van der Waals surface area contributed by atoms with Crippen LogP contribution in [0.4, 0.5) is 9.93 Å². The van der Waals surface area contributed by atoms with Gasteiger partial charge in [0.15, 0.2) is 0 Å². The first-order chi connectivity index (χ1) is 17.4. The molecule has 1 aliphatic heterocycles. The zero-order valence-electron chi connectivity index (χ0n) is 22.8. The van der Waals surface area contributed by atoms with Gasteiger partial charge in [0.25, 0.3) is 5.91 Å². The Hall–Kier alpha value is -3.08. The Balaban J connectivity index is 1.68. The lowest BCUT2D eigenvalue weighted by atomic mass is 9.90. The quantitative estimate of drug-likeness (QED) is 0.512. The number of piperidine rings is 1. The second-order valence-electron chi connectivity index (χ2n) is 10.9. The minimum atomic E-state index is -0.678. The number of aromatic nitrogens is 3. The van der Waals surface area contributed by atoms with Crippen LogP contribution in [0.1, 0.15) is 86.6 Å². The summed E-state index contributed by atoms with van der Waals surface area (Å²) in [7, 11) is 1.32. The first-order valence-electron chi connectivity index (χ1n) is 12.6. The van der Waals surface area contributed by atoms with Gasteiger partial charge in [-0.2, -0.15) is 0 Å². The molecular formula is C26H38N6O4S. The maximum atomic E-state index is 13.2. The molecule has 10 nitrogen and oxygen atoms in total. The van der Waals surface area contributed by atoms with Gasteiger partial charge < -0.3 is 15.0 Å². The van der Waals surface area contributed by atoms with E-state index in [9.17, 15) is 14.4 Å². The number of amides is 3. The van der Waals surface area contributed by atoms with E-state index in [0.29, 0.717) is 43.0 Å². The smallest absolute Gasteiger partial charge is 0.328 e. The van der Waals surface area contributed by atoms with Crippen LogP contribution in [0.3, 0.4) is 0 Å². The Labute approximate surface area is 222 Å². The molecule has 2 aromatic heterocycles. The highest BCUT2D eigenvalue weighted by Crippen LogP contribution is 2.31. The minimum absolute atomic E-state index is 0.0244. The molecule has 3 heterocycles. The molecule has 0 bridgehead atoms. The van der Waals surface area contributed by atoms with E-state index in [1.54, 1.807) is 11.0 Å². The van der Waals surface area contributed by atoms with Crippen molar-refractivity contribution in [2.75, 3.05) is 25.5 Å². The van der Waals surface area contributed by atoms with E-state index < -0.39 is 12.0 Å². The molecule has 3 amide bonds. The fourth-order valence-corrected chi connectivity index (χ4v) is 5.04. The van der Waals surface area contributed by atoms with Crippen molar-refractivity contribution in [2.24, 2.45) is 5.92 Å². The minimum Gasteiger partial charge on any atom is -0.467 e. The number of nitrogens with one attached hydrogen (secondary N) is 2. The highest BCUT2D eigenvalue weighted by molar-refractivity contribution is 7.15. The van der Waals surface area contributed by atoms with E-state index in [2.05, 4.69) is 20.8 Å². The topological polar surface area (TPSA) is 126 Å². The molecule has 37 heavy (non-hydrogen) atoms. The number of urea groups is 1. The van der Waals surface area contributed by atoms with Crippen LogP contribution in [-0.2, 0) is 14.9 Å². The molecule has 2 N–H and O–H groups in total. The molecule has 11 heteroatoms. The summed E-state index contributed by atoms with van der Waals surface area (Å²) < 4.78 is 4.86. The van der Waals surface area contributed by atoms with Gasteiger partial charge in [-0.1, -0.05) is 46.0 Å². The molecule has 0 aromatic carbocycles. The molecule has 0 radical (unpaired) electrons. The molecule has 1 fully saturated rings. The standard InChI is InChI=1S/C26H38N6O4S/c1-15(2)14-19(22(34)36-7)28-25(35)32-12-10-17(11-13-32)20-18(9-8-16(3)27-20)21(33)29-24-31-30-23(37-24)26(4,5)6/h8-9,15,17,19H,10-14H2,1-7H3,(H,28,35)(H,29,31,33). The van der Waals surface area contributed by atoms with E-state index in [1.807, 2.05) is 47.6 Å². The van der Waals surface area contributed by atoms with Crippen molar-refractivity contribution >= 4 is 34.4 Å². The molecule has 0 aliphatic carbocycles. The van der Waals surface area contributed by atoms with Crippen LogP contribution in [0.5, 0.6) is 0 Å². The number of nitrogens with zero attached hydrogens (tertiary/aromatic N) is 4. The molecular weight excluding hydrogens is 492 g/mol. The summed E-state index contributed by atoms with van der Waals surface area (Å²) in [6.07, 6.45) is 1.82. The molecule has 0 saturated carbocycles. The van der Waals surface area contributed by atoms with Crippen LogP contribution in [0, 0.1) is 12.8 Å². The van der Waals surface area contributed by atoms with Gasteiger partial charge in [-0.05, 0) is 44.2 Å². The molecule has 1 saturated heterocycles. The fourth-order valence-electron chi connectivity index (χ4n) is 4.25. The van der Waals surface area contributed by atoms with E-state index in [1.165, 1.54) is 18.4 Å². The lowest BCUT2D eigenvalue weighted by Gasteiger charge is -2.33. The number of rotatable bonds is 7. The number of ether oxygens (including phenoxy) is 1. The molecule has 3 rings (SSSR count). The van der Waals surface area contributed by atoms with Crippen LogP contribution in [0.2, 0.25) is 0 Å². The largest absolute Gasteiger partial charge is 0.467 e. The Morgan fingerprint density at radius 1 is 1.16 bits per heavy atom. The molecule has 1 unspecified atom stereocenters. The van der Waals surface area contributed by atoms with Gasteiger partial charge in [0, 0.05) is 30.1 Å². The Bertz CT molecular complexity index is 1120. The number of esters is 1. The van der Waals surface area contributed by atoms with Crippen LogP contribution in [0.25, 0.3) is 0 Å². The first-order valence-corrected chi connectivity index (χ1v) is 13.5. The number of aryl methyl sites for hydroxylation is 1. The molecule has 2 aromatic rings. The Morgan fingerprint density at radius 2 is 1.84 bits per heavy atom. The van der Waals surface area contributed by atoms with Crippen molar-refractivity contribution in [3.05, 3.63) is 34.1 Å². The summed E-state index contributed by atoms with van der Waals surface area (Å²) >= 11 is 1.36. The number of likely N-dealkylation sites (tertiary alicyclic amines) is 1. The molecule has 1 atom stereocenters. The van der Waals surface area contributed by atoms with Crippen molar-refractivity contribution in [1.29, 1.82) is 0 Å². The highest BCUT2D eigenvalue weighted by atomic mass is 32.1. The van der Waals surface area contributed by atoms with E-state index in [4.69, 9.17) is 9.72 Å². The zero-order valence-corrected chi connectivity index (χ0v) is 23.6. The number of carbonyl (C=O) groups is 3. The average Bonchev–Trinajstić information content (AvgIpc) is 3.32. The van der Waals surface area contributed by atoms with Crippen LogP contribution in [0.15, 0.2) is 12.1 Å². The van der Waals surface area contributed by atoms with E-state index >= 15 is 0 Å². The van der Waals surface area contributed by atoms with E-state index in [-0.39, 0.29) is 29.2 Å². The second kappa shape index (κ2) is 12.0. The predicted molar refractivity (Wildman–Crippen MR) is 143 cm³/mol. The van der Waals surface area contributed by atoms with Gasteiger partial charge in [-0.3, -0.25) is 15.1 Å². The molecule has 202 valence electrons. The van der Waals surface area contributed by atoms with E-state index in [0.717, 1.165) is 16.4 Å². The average molecular weight is 531 g/mol. The Morgan fingerprint density at radius 3 is 2.41 bits per heavy atom. The van der Waals surface area contributed by atoms with Gasteiger partial charge in [0.2, 0.25) is 5.13 Å². The summed E-state index contributed by atoms with van der Waals surface area (Å²) in [5.74, 6) is -0.459. The predicted octanol–water partition coefficient (Wildman–Crippen LogP) is 4.27. The van der Waals surface area contributed by atoms with Gasteiger partial charge >= 0.3 is 12.0 Å². The third-order valence-electron chi connectivity index (χ3n) is 6.26. The van der Waals surface area contributed by atoms with Crippen LogP contribution >= 0.6 is 11.3 Å². The normalized spacial score (nSPS) is 15.4. The maximum absolute atomic E-state index is 13.2. The van der Waals surface area contributed by atoms with Crippen molar-refractivity contribution in [2.45, 2.75) is 78.2 Å². The highest BCUT2D eigenvalue weighted by Gasteiger charge is 2.31. The number of hydrogen-bond acceptors (Lipinski definition) is 8. The van der Waals surface area contributed by atoms with Gasteiger partial charge in [0.1, 0.15) is 11.0 Å². The van der Waals surface area contributed by atoms with Gasteiger partial charge in [-0.25, -0.2) is 9.59 Å². The number of hydrogen-bond donors (Lipinski definition) is 2. The van der Waals surface area contributed by atoms with Gasteiger partial charge in [0.05, 0.1) is 18.4 Å². The van der Waals surface area contributed by atoms with Crippen LogP contribution in [-0.4, -0.2) is 64.2 Å². The van der Waals surface area contributed by atoms with Crippen molar-refractivity contribution in [3.63, 3.8) is 0 Å². The van der Waals surface area contributed by atoms with Gasteiger partial charge in [-0.15, -0.1) is 10.2 Å². The third kappa shape index (κ3) is 7.47. The monoisotopic (exact) mass is 530 g/mol. The van der Waals surface area contributed by atoms with Crippen molar-refractivity contribution in [1.82, 2.24) is 25.4 Å². The molecule has 0 spiro atoms. The Kier molecular flexibility index (Phi) is 9.22. The maximum Gasteiger partial charge on any atom is 0.328 e. The van der Waals surface area contributed by atoms with Crippen molar-refractivity contribution in [3.8, 4) is 0 Å². The number of carbonyl (C=O) groups excluding carboxylic acids is 3. The summed E-state index contributed by atoms with van der Waals surface area (Å²) in [6.45, 7) is 13.0. The second-order valence-corrected chi connectivity index (χ2v) is 11.9. The summed E-state index contributed by atoms with van der Waals surface area (Å²) in [5, 5.41) is 15.3. The number of methoxy groups -OCH3 is 1. The fraction of sp³-hybridized carbons (Fsp3) is 0.615. The summed E-state index contributed by atoms with van der Waals surface area (Å²) in [6, 6.07) is 2.66. The third-order valence-corrected chi connectivity index (χ3v) is 7.52. The van der Waals surface area contributed by atoms with Crippen molar-refractivity contribution < 1.29 is 19.1 Å². The lowest BCUT2D eigenvalue weighted by molar-refractivity contribution is -0.143. The molecule has 1 aliphatic rings. The van der Waals surface area contributed by atoms with Crippen LogP contribution < -0.4 is 10.6 Å². The summed E-state index contributed by atoms with van der Waals surface area (Å²) in [5.41, 5.74) is 1.91. The lowest BCUT2D eigenvalue weighted by Crippen LogP contribution is -2.50.